The molecule has 0 saturated heterocycles. The molecule has 0 bridgehead atoms. The highest BCUT2D eigenvalue weighted by atomic mass is 79.9. The largest absolute Gasteiger partial charge is 0.497 e. The number of ether oxygens (including phenoxy) is 2. The standard InChI is InChI=1S/C19H18Br2N4O4/c1-28-14-3-5-16(20)12(7-14)10-22-24-18(26)9-19(27)25-23-11-13-8-15(29-2)4-6-17(13)21/h3-8,10-11H,9H2,1-2H3,(H,24,26)(H,25,27)/b22-10+,23-11+. The summed E-state index contributed by atoms with van der Waals surface area (Å²) in [5.74, 6) is 0.160. The van der Waals surface area contributed by atoms with Crippen molar-refractivity contribution in [1.29, 1.82) is 0 Å². The van der Waals surface area contributed by atoms with Crippen molar-refractivity contribution >= 4 is 56.1 Å². The van der Waals surface area contributed by atoms with Crippen molar-refractivity contribution in [2.45, 2.75) is 6.42 Å². The van der Waals surface area contributed by atoms with Gasteiger partial charge in [-0.15, -0.1) is 0 Å². The van der Waals surface area contributed by atoms with E-state index in [9.17, 15) is 9.59 Å². The quantitative estimate of drug-likeness (QED) is 0.314. The maximum absolute atomic E-state index is 11.8. The number of amides is 2. The first kappa shape index (κ1) is 22.6. The monoisotopic (exact) mass is 524 g/mol. The lowest BCUT2D eigenvalue weighted by Gasteiger charge is -2.04. The molecule has 2 aromatic rings. The highest BCUT2D eigenvalue weighted by Crippen LogP contribution is 2.21. The summed E-state index contributed by atoms with van der Waals surface area (Å²) < 4.78 is 11.8. The fourth-order valence-corrected chi connectivity index (χ4v) is 2.77. The fraction of sp³-hybridized carbons (Fsp3) is 0.158. The molecule has 0 aromatic heterocycles. The van der Waals surface area contributed by atoms with Crippen LogP contribution in [-0.4, -0.2) is 38.5 Å². The van der Waals surface area contributed by atoms with Gasteiger partial charge in [0.25, 0.3) is 0 Å². The SMILES string of the molecule is COc1ccc(Br)c(/C=N/NC(=O)CC(=O)N/N=C/c2cc(OC)ccc2Br)c1. The van der Waals surface area contributed by atoms with Gasteiger partial charge in [0.15, 0.2) is 0 Å². The minimum absolute atomic E-state index is 0.423. The second-order valence-electron chi connectivity index (χ2n) is 5.54. The van der Waals surface area contributed by atoms with Crippen LogP contribution < -0.4 is 20.3 Å². The van der Waals surface area contributed by atoms with E-state index in [1.807, 2.05) is 0 Å². The summed E-state index contributed by atoms with van der Waals surface area (Å²) in [6, 6.07) is 10.7. The van der Waals surface area contributed by atoms with Crippen molar-refractivity contribution in [2.24, 2.45) is 10.2 Å². The van der Waals surface area contributed by atoms with E-state index in [0.29, 0.717) is 22.6 Å². The van der Waals surface area contributed by atoms with Crippen LogP contribution in [0, 0.1) is 0 Å². The lowest BCUT2D eigenvalue weighted by atomic mass is 10.2. The molecule has 0 unspecified atom stereocenters. The number of hydrogen-bond acceptors (Lipinski definition) is 6. The molecule has 2 amide bonds. The van der Waals surface area contributed by atoms with E-state index in [2.05, 4.69) is 52.9 Å². The van der Waals surface area contributed by atoms with Crippen molar-refractivity contribution in [3.8, 4) is 11.5 Å². The van der Waals surface area contributed by atoms with Crippen LogP contribution in [0.5, 0.6) is 11.5 Å². The molecule has 0 saturated carbocycles. The Bertz CT molecular complexity index is 872. The number of carbonyl (C=O) groups is 2. The van der Waals surface area contributed by atoms with Crippen molar-refractivity contribution in [2.75, 3.05) is 14.2 Å². The van der Waals surface area contributed by atoms with E-state index in [1.165, 1.54) is 12.4 Å². The highest BCUT2D eigenvalue weighted by molar-refractivity contribution is 9.10. The van der Waals surface area contributed by atoms with Gasteiger partial charge in [-0.25, -0.2) is 10.9 Å². The number of carbonyl (C=O) groups excluding carboxylic acids is 2. The van der Waals surface area contributed by atoms with Crippen LogP contribution >= 0.6 is 31.9 Å². The van der Waals surface area contributed by atoms with Gasteiger partial charge in [0.2, 0.25) is 11.8 Å². The van der Waals surface area contributed by atoms with Gasteiger partial charge in [0.05, 0.1) is 26.6 Å². The number of rotatable bonds is 8. The van der Waals surface area contributed by atoms with Crippen LogP contribution in [0.1, 0.15) is 17.5 Å². The number of nitrogens with one attached hydrogen (secondary N) is 2. The minimum Gasteiger partial charge on any atom is -0.497 e. The van der Waals surface area contributed by atoms with Crippen molar-refractivity contribution in [3.05, 3.63) is 56.5 Å². The summed E-state index contributed by atoms with van der Waals surface area (Å²) >= 11 is 6.76. The summed E-state index contributed by atoms with van der Waals surface area (Å²) in [4.78, 5) is 23.6. The van der Waals surface area contributed by atoms with E-state index in [-0.39, 0.29) is 0 Å². The molecule has 0 fully saturated rings. The Kier molecular flexibility index (Phi) is 8.81. The zero-order valence-corrected chi connectivity index (χ0v) is 18.8. The Morgan fingerprint density at radius 2 is 1.28 bits per heavy atom. The fourth-order valence-electron chi connectivity index (χ4n) is 2.07. The Morgan fingerprint density at radius 1 is 0.862 bits per heavy atom. The molecule has 2 N–H and O–H groups in total. The van der Waals surface area contributed by atoms with Gasteiger partial charge in [-0.1, -0.05) is 31.9 Å². The molecule has 0 radical (unpaired) electrons. The summed E-state index contributed by atoms with van der Waals surface area (Å²) in [6.45, 7) is 0. The number of hydrazone groups is 2. The maximum atomic E-state index is 11.8. The molecule has 0 aliphatic carbocycles. The second kappa shape index (κ2) is 11.3. The van der Waals surface area contributed by atoms with E-state index < -0.39 is 18.2 Å². The summed E-state index contributed by atoms with van der Waals surface area (Å²) in [5, 5.41) is 7.68. The highest BCUT2D eigenvalue weighted by Gasteiger charge is 2.08. The summed E-state index contributed by atoms with van der Waals surface area (Å²) in [7, 11) is 3.11. The first-order chi connectivity index (χ1) is 13.9. The van der Waals surface area contributed by atoms with Gasteiger partial charge in [0, 0.05) is 20.1 Å². The van der Waals surface area contributed by atoms with Gasteiger partial charge in [0.1, 0.15) is 17.9 Å². The molecule has 10 heteroatoms. The van der Waals surface area contributed by atoms with Crippen molar-refractivity contribution in [1.82, 2.24) is 10.9 Å². The molecule has 2 rings (SSSR count). The van der Waals surface area contributed by atoms with E-state index in [0.717, 1.165) is 8.95 Å². The number of halogens is 2. The predicted octanol–water partition coefficient (Wildman–Crippen LogP) is 3.22. The van der Waals surface area contributed by atoms with Crippen LogP contribution in [0.3, 0.4) is 0 Å². The summed E-state index contributed by atoms with van der Waals surface area (Å²) in [6.07, 6.45) is 2.47. The Labute approximate surface area is 184 Å². The Hall–Kier alpha value is -2.72. The molecule has 8 nitrogen and oxygen atoms in total. The maximum Gasteiger partial charge on any atom is 0.249 e. The topological polar surface area (TPSA) is 101 Å². The summed E-state index contributed by atoms with van der Waals surface area (Å²) in [5.41, 5.74) is 6.00. The third-order valence-corrected chi connectivity index (χ3v) is 4.96. The predicted molar refractivity (Wildman–Crippen MR) is 117 cm³/mol. The van der Waals surface area contributed by atoms with Gasteiger partial charge in [-0.2, -0.15) is 10.2 Å². The first-order valence-electron chi connectivity index (χ1n) is 8.24. The lowest BCUT2D eigenvalue weighted by molar-refractivity contribution is -0.129. The molecule has 152 valence electrons. The van der Waals surface area contributed by atoms with E-state index >= 15 is 0 Å². The lowest BCUT2D eigenvalue weighted by Crippen LogP contribution is -2.27. The Balaban J connectivity index is 1.84. The number of hydrogen-bond donors (Lipinski definition) is 2. The number of benzene rings is 2. The van der Waals surface area contributed by atoms with Gasteiger partial charge < -0.3 is 9.47 Å². The van der Waals surface area contributed by atoms with Crippen LogP contribution in [0.25, 0.3) is 0 Å². The van der Waals surface area contributed by atoms with Crippen molar-refractivity contribution < 1.29 is 19.1 Å². The zero-order chi connectivity index (χ0) is 21.2. The number of nitrogens with zero attached hydrogens (tertiary/aromatic N) is 2. The smallest absolute Gasteiger partial charge is 0.249 e. The third kappa shape index (κ3) is 7.31. The van der Waals surface area contributed by atoms with Gasteiger partial charge in [-0.3, -0.25) is 9.59 Å². The molecule has 0 aliphatic rings. The molecular weight excluding hydrogens is 508 g/mol. The molecular formula is C19H18Br2N4O4. The number of methoxy groups -OCH3 is 2. The zero-order valence-electron chi connectivity index (χ0n) is 15.6. The Morgan fingerprint density at radius 3 is 1.66 bits per heavy atom. The molecule has 0 heterocycles. The van der Waals surface area contributed by atoms with Gasteiger partial charge >= 0.3 is 0 Å². The third-order valence-electron chi connectivity index (χ3n) is 3.51. The van der Waals surface area contributed by atoms with Crippen LogP contribution in [0.4, 0.5) is 0 Å². The van der Waals surface area contributed by atoms with E-state index in [1.54, 1.807) is 50.6 Å². The first-order valence-corrected chi connectivity index (χ1v) is 9.82. The molecule has 0 atom stereocenters. The van der Waals surface area contributed by atoms with Crippen LogP contribution in [0.2, 0.25) is 0 Å². The molecule has 2 aromatic carbocycles. The normalized spacial score (nSPS) is 10.9. The van der Waals surface area contributed by atoms with Crippen molar-refractivity contribution in [3.63, 3.8) is 0 Å². The minimum atomic E-state index is -0.574. The van der Waals surface area contributed by atoms with E-state index in [4.69, 9.17) is 9.47 Å². The average molecular weight is 526 g/mol. The molecule has 0 aliphatic heterocycles. The second-order valence-corrected chi connectivity index (χ2v) is 7.25. The van der Waals surface area contributed by atoms with Crippen LogP contribution in [0.15, 0.2) is 55.5 Å². The molecule has 29 heavy (non-hydrogen) atoms. The van der Waals surface area contributed by atoms with Gasteiger partial charge in [-0.05, 0) is 36.4 Å². The van der Waals surface area contributed by atoms with Crippen LogP contribution in [-0.2, 0) is 9.59 Å². The molecule has 0 spiro atoms. The average Bonchev–Trinajstić information content (AvgIpc) is 2.70.